The number of H-pyrrole nitrogens is 1. The number of ether oxygens (including phenoxy) is 1. The number of carbonyl (C=O) groups excluding carboxylic acids is 1. The van der Waals surface area contributed by atoms with Crippen LogP contribution in [-0.2, 0) is 11.0 Å². The van der Waals surface area contributed by atoms with E-state index < -0.39 is 11.9 Å². The molecule has 1 aliphatic rings. The van der Waals surface area contributed by atoms with Crippen LogP contribution in [0, 0.1) is 0 Å². The predicted molar refractivity (Wildman–Crippen MR) is 81.9 cm³/mol. The Labute approximate surface area is 142 Å². The van der Waals surface area contributed by atoms with Crippen molar-refractivity contribution < 1.29 is 22.7 Å². The van der Waals surface area contributed by atoms with Gasteiger partial charge < -0.3 is 14.6 Å². The molecule has 0 spiro atoms. The molecular weight excluding hydrogens is 337 g/mol. The Hall–Kier alpha value is -2.58. The van der Waals surface area contributed by atoms with Crippen molar-refractivity contribution in [2.24, 2.45) is 0 Å². The number of aromatic nitrogens is 3. The van der Waals surface area contributed by atoms with Crippen LogP contribution in [0.3, 0.4) is 0 Å². The zero-order valence-corrected chi connectivity index (χ0v) is 13.3. The smallest absolute Gasteiger partial charge is 0.432 e. The molecule has 1 aliphatic heterocycles. The van der Waals surface area contributed by atoms with Gasteiger partial charge in [0.25, 0.3) is 5.91 Å². The first-order chi connectivity index (χ1) is 11.9. The van der Waals surface area contributed by atoms with Gasteiger partial charge in [-0.2, -0.15) is 13.2 Å². The molecule has 25 heavy (non-hydrogen) atoms. The number of piperidine rings is 1. The molecule has 0 bridgehead atoms. The number of halogens is 3. The molecule has 6 nitrogen and oxygen atoms in total. The highest BCUT2D eigenvalue weighted by Crippen LogP contribution is 2.31. The number of hydrogen-bond acceptors (Lipinski definition) is 4. The summed E-state index contributed by atoms with van der Waals surface area (Å²) in [6, 6.07) is 3.40. The Balaban J connectivity index is 1.59. The van der Waals surface area contributed by atoms with Crippen molar-refractivity contribution in [3.05, 3.63) is 42.2 Å². The largest absolute Gasteiger partial charge is 0.482 e. The normalized spacial score (nSPS) is 18.2. The molecule has 3 heterocycles. The van der Waals surface area contributed by atoms with Crippen LogP contribution in [0.15, 0.2) is 30.7 Å². The molecule has 1 N–H and O–H groups in total. The van der Waals surface area contributed by atoms with Crippen LogP contribution in [0.5, 0.6) is 5.75 Å². The van der Waals surface area contributed by atoms with Gasteiger partial charge in [0, 0.05) is 25.2 Å². The van der Waals surface area contributed by atoms with E-state index in [9.17, 15) is 18.0 Å². The van der Waals surface area contributed by atoms with E-state index in [2.05, 4.69) is 15.0 Å². The van der Waals surface area contributed by atoms with Crippen LogP contribution in [0.25, 0.3) is 0 Å². The van der Waals surface area contributed by atoms with E-state index in [1.165, 1.54) is 6.20 Å². The van der Waals surface area contributed by atoms with E-state index >= 15 is 0 Å². The second-order valence-corrected chi connectivity index (χ2v) is 5.84. The molecule has 3 rings (SSSR count). The number of nitrogens with one attached hydrogen (secondary N) is 1. The van der Waals surface area contributed by atoms with E-state index in [1.54, 1.807) is 23.2 Å². The number of alkyl halides is 3. The van der Waals surface area contributed by atoms with Gasteiger partial charge >= 0.3 is 6.18 Å². The van der Waals surface area contributed by atoms with E-state index in [-0.39, 0.29) is 24.3 Å². The lowest BCUT2D eigenvalue weighted by atomic mass is 9.97. The summed E-state index contributed by atoms with van der Waals surface area (Å²) in [5, 5.41) is 0. The molecular formula is C16H17F3N4O2. The number of hydrogen-bond donors (Lipinski definition) is 1. The molecule has 0 aliphatic carbocycles. The number of amides is 1. The summed E-state index contributed by atoms with van der Waals surface area (Å²) in [5.41, 5.74) is -0.870. The molecule has 0 unspecified atom stereocenters. The van der Waals surface area contributed by atoms with Gasteiger partial charge in [-0.05, 0) is 25.0 Å². The van der Waals surface area contributed by atoms with Crippen molar-refractivity contribution >= 4 is 5.91 Å². The van der Waals surface area contributed by atoms with Crippen molar-refractivity contribution in [2.75, 3.05) is 19.7 Å². The fraction of sp³-hybridized carbons (Fsp3) is 0.438. The average Bonchev–Trinajstić information content (AvgIpc) is 3.11. The van der Waals surface area contributed by atoms with Crippen molar-refractivity contribution in [2.45, 2.75) is 24.9 Å². The zero-order chi connectivity index (χ0) is 17.9. The zero-order valence-electron chi connectivity index (χ0n) is 13.3. The molecule has 2 aromatic heterocycles. The van der Waals surface area contributed by atoms with Crippen molar-refractivity contribution in [3.8, 4) is 5.75 Å². The van der Waals surface area contributed by atoms with Gasteiger partial charge in [-0.15, -0.1) is 0 Å². The molecule has 9 heteroatoms. The summed E-state index contributed by atoms with van der Waals surface area (Å²) in [7, 11) is 0. The summed E-state index contributed by atoms with van der Waals surface area (Å²) in [5.74, 6) is 0.298. The third-order valence-corrected chi connectivity index (χ3v) is 4.06. The summed E-state index contributed by atoms with van der Waals surface area (Å²) in [6.45, 7) is 0.739. The minimum Gasteiger partial charge on any atom is -0.482 e. The SMILES string of the molecule is O=C(COc1cccnc1)N1CCC[C@H](c2ncc(C(F)(F)F)[nH]2)C1. The van der Waals surface area contributed by atoms with Crippen molar-refractivity contribution in [3.63, 3.8) is 0 Å². The maximum absolute atomic E-state index is 12.7. The third-order valence-electron chi connectivity index (χ3n) is 4.06. The summed E-state index contributed by atoms with van der Waals surface area (Å²) in [6.07, 6.45) is 0.828. The lowest BCUT2D eigenvalue weighted by Crippen LogP contribution is -2.41. The van der Waals surface area contributed by atoms with E-state index in [1.807, 2.05) is 0 Å². The standard InChI is InChI=1S/C16H17F3N4O2/c17-16(18,19)13-8-21-15(22-13)11-3-2-6-23(9-11)14(24)10-25-12-4-1-5-20-7-12/h1,4-5,7-8,11H,2-3,6,9-10H2,(H,21,22)/t11-/m0/s1. The van der Waals surface area contributed by atoms with Gasteiger partial charge in [-0.25, -0.2) is 4.98 Å². The molecule has 0 radical (unpaired) electrons. The molecule has 0 aromatic carbocycles. The Morgan fingerprint density at radius 3 is 2.92 bits per heavy atom. The minimum atomic E-state index is -4.45. The quantitative estimate of drug-likeness (QED) is 0.916. The summed E-state index contributed by atoms with van der Waals surface area (Å²) >= 11 is 0. The molecule has 1 atom stereocenters. The van der Waals surface area contributed by atoms with Crippen molar-refractivity contribution in [1.29, 1.82) is 0 Å². The Kier molecular flexibility index (Phi) is 4.91. The molecule has 2 aromatic rings. The maximum atomic E-state index is 12.7. The number of likely N-dealkylation sites (tertiary alicyclic amines) is 1. The number of imidazole rings is 1. The first kappa shape index (κ1) is 17.2. The van der Waals surface area contributed by atoms with E-state index in [0.29, 0.717) is 31.7 Å². The highest BCUT2D eigenvalue weighted by atomic mass is 19.4. The van der Waals surface area contributed by atoms with Gasteiger partial charge in [0.15, 0.2) is 6.61 Å². The van der Waals surface area contributed by atoms with Crippen LogP contribution >= 0.6 is 0 Å². The van der Waals surface area contributed by atoms with Gasteiger partial charge in [0.1, 0.15) is 17.3 Å². The number of pyridine rings is 1. The second kappa shape index (κ2) is 7.12. The summed E-state index contributed by atoms with van der Waals surface area (Å²) in [4.78, 5) is 23.9. The predicted octanol–water partition coefficient (Wildman–Crippen LogP) is 2.61. The first-order valence-electron chi connectivity index (χ1n) is 7.86. The minimum absolute atomic E-state index is 0.135. The lowest BCUT2D eigenvalue weighted by Gasteiger charge is -2.31. The number of carbonyl (C=O) groups is 1. The van der Waals surface area contributed by atoms with Crippen LogP contribution in [-0.4, -0.2) is 45.5 Å². The fourth-order valence-electron chi connectivity index (χ4n) is 2.78. The second-order valence-electron chi connectivity index (χ2n) is 5.84. The monoisotopic (exact) mass is 354 g/mol. The number of rotatable bonds is 4. The Morgan fingerprint density at radius 2 is 2.24 bits per heavy atom. The topological polar surface area (TPSA) is 71.1 Å². The molecule has 1 saturated heterocycles. The van der Waals surface area contributed by atoms with Gasteiger partial charge in [0.2, 0.25) is 0 Å². The average molecular weight is 354 g/mol. The van der Waals surface area contributed by atoms with Crippen molar-refractivity contribution in [1.82, 2.24) is 19.9 Å². The van der Waals surface area contributed by atoms with Gasteiger partial charge in [-0.3, -0.25) is 9.78 Å². The van der Waals surface area contributed by atoms with Crippen LogP contribution in [0.4, 0.5) is 13.2 Å². The van der Waals surface area contributed by atoms with E-state index in [0.717, 1.165) is 6.20 Å². The molecule has 1 fully saturated rings. The Morgan fingerprint density at radius 1 is 1.40 bits per heavy atom. The number of nitrogens with zero attached hydrogens (tertiary/aromatic N) is 3. The first-order valence-corrected chi connectivity index (χ1v) is 7.86. The summed E-state index contributed by atoms with van der Waals surface area (Å²) < 4.78 is 43.4. The van der Waals surface area contributed by atoms with Crippen LogP contribution in [0.2, 0.25) is 0 Å². The fourth-order valence-corrected chi connectivity index (χ4v) is 2.78. The van der Waals surface area contributed by atoms with Crippen LogP contribution in [0.1, 0.15) is 30.3 Å². The molecule has 134 valence electrons. The maximum Gasteiger partial charge on any atom is 0.432 e. The highest BCUT2D eigenvalue weighted by molar-refractivity contribution is 5.78. The highest BCUT2D eigenvalue weighted by Gasteiger charge is 2.34. The van der Waals surface area contributed by atoms with Gasteiger partial charge in [0.05, 0.1) is 12.4 Å². The van der Waals surface area contributed by atoms with E-state index in [4.69, 9.17) is 4.74 Å². The molecule has 1 amide bonds. The lowest BCUT2D eigenvalue weighted by molar-refractivity contribution is -0.141. The van der Waals surface area contributed by atoms with Gasteiger partial charge in [-0.1, -0.05) is 0 Å². The number of aromatic amines is 1. The Bertz CT molecular complexity index is 718. The molecule has 0 saturated carbocycles. The third kappa shape index (κ3) is 4.28. The van der Waals surface area contributed by atoms with Crippen LogP contribution < -0.4 is 4.74 Å².